The van der Waals surface area contributed by atoms with Crippen LogP contribution >= 0.6 is 0 Å². The summed E-state index contributed by atoms with van der Waals surface area (Å²) < 4.78 is 10.7. The molecule has 0 saturated heterocycles. The van der Waals surface area contributed by atoms with Crippen LogP contribution in [-0.2, 0) is 0 Å². The number of nitrogens with two attached hydrogens (primary N) is 1. The van der Waals surface area contributed by atoms with Gasteiger partial charge in [-0.05, 0) is 6.92 Å². The Morgan fingerprint density at radius 2 is 1.87 bits per heavy atom. The van der Waals surface area contributed by atoms with E-state index in [0.717, 1.165) is 0 Å². The van der Waals surface area contributed by atoms with Gasteiger partial charge in [0, 0.05) is 36.9 Å². The molecule has 0 aliphatic carbocycles. The molecular formula is C11H17NO3. The van der Waals surface area contributed by atoms with Crippen molar-refractivity contribution < 1.29 is 14.6 Å². The smallest absolute Gasteiger partial charge is 0.125 e. The molecule has 0 amide bonds. The Bertz CT molecular complexity index is 302. The lowest BCUT2D eigenvalue weighted by molar-refractivity contribution is 0.233. The van der Waals surface area contributed by atoms with E-state index in [9.17, 15) is 0 Å². The number of anilines is 1. The Kier molecular flexibility index (Phi) is 4.77. The minimum Gasteiger partial charge on any atom is -0.494 e. The second kappa shape index (κ2) is 6.14. The Morgan fingerprint density at radius 3 is 2.47 bits per heavy atom. The highest BCUT2D eigenvalue weighted by molar-refractivity contribution is 5.50. The number of aliphatic hydroxyl groups is 1. The van der Waals surface area contributed by atoms with E-state index >= 15 is 0 Å². The zero-order valence-corrected chi connectivity index (χ0v) is 8.90. The fourth-order valence-corrected chi connectivity index (χ4v) is 1.18. The molecule has 0 saturated carbocycles. The monoisotopic (exact) mass is 211 g/mol. The summed E-state index contributed by atoms with van der Waals surface area (Å²) in [6.07, 6.45) is 0.610. The number of ether oxygens (including phenoxy) is 2. The van der Waals surface area contributed by atoms with Crippen molar-refractivity contribution in [3.8, 4) is 11.5 Å². The van der Waals surface area contributed by atoms with Gasteiger partial charge in [-0.2, -0.15) is 0 Å². The first-order chi connectivity index (χ1) is 7.26. The van der Waals surface area contributed by atoms with E-state index in [1.54, 1.807) is 18.2 Å². The van der Waals surface area contributed by atoms with Crippen LogP contribution in [0.2, 0.25) is 0 Å². The van der Waals surface area contributed by atoms with E-state index < -0.39 is 0 Å². The van der Waals surface area contributed by atoms with E-state index in [4.69, 9.17) is 20.3 Å². The van der Waals surface area contributed by atoms with Gasteiger partial charge in [0.2, 0.25) is 0 Å². The molecule has 0 aromatic heterocycles. The highest BCUT2D eigenvalue weighted by atomic mass is 16.5. The maximum atomic E-state index is 8.61. The van der Waals surface area contributed by atoms with Crippen molar-refractivity contribution in [2.24, 2.45) is 0 Å². The molecule has 84 valence electrons. The Labute approximate surface area is 89.6 Å². The van der Waals surface area contributed by atoms with Crippen LogP contribution in [0.15, 0.2) is 18.2 Å². The normalized spacial score (nSPS) is 10.0. The van der Waals surface area contributed by atoms with E-state index in [0.29, 0.717) is 36.8 Å². The summed E-state index contributed by atoms with van der Waals surface area (Å²) in [5.74, 6) is 1.38. The second-order valence-electron chi connectivity index (χ2n) is 3.10. The number of nitrogen functional groups attached to an aromatic ring is 1. The number of hydrogen-bond acceptors (Lipinski definition) is 4. The third-order valence-electron chi connectivity index (χ3n) is 1.78. The first kappa shape index (κ1) is 11.7. The van der Waals surface area contributed by atoms with Gasteiger partial charge in [0.1, 0.15) is 11.5 Å². The minimum atomic E-state index is 0.126. The summed E-state index contributed by atoms with van der Waals surface area (Å²) in [6.45, 7) is 3.11. The zero-order valence-electron chi connectivity index (χ0n) is 8.90. The number of rotatable bonds is 6. The van der Waals surface area contributed by atoms with Gasteiger partial charge in [-0.15, -0.1) is 0 Å². The molecule has 0 unspecified atom stereocenters. The van der Waals surface area contributed by atoms with Crippen LogP contribution in [0.1, 0.15) is 13.3 Å². The molecule has 0 radical (unpaired) electrons. The third kappa shape index (κ3) is 4.08. The average molecular weight is 211 g/mol. The zero-order chi connectivity index (χ0) is 11.1. The molecule has 4 nitrogen and oxygen atoms in total. The van der Waals surface area contributed by atoms with Crippen LogP contribution in [0.5, 0.6) is 11.5 Å². The van der Waals surface area contributed by atoms with E-state index in [1.807, 2.05) is 6.92 Å². The van der Waals surface area contributed by atoms with Crippen molar-refractivity contribution in [2.45, 2.75) is 13.3 Å². The van der Waals surface area contributed by atoms with Gasteiger partial charge in [0.05, 0.1) is 13.2 Å². The SMILES string of the molecule is CCOc1cc(N)cc(OCCCO)c1. The molecule has 0 atom stereocenters. The standard InChI is InChI=1S/C11H17NO3/c1-2-14-10-6-9(12)7-11(8-10)15-5-3-4-13/h6-8,13H,2-5,12H2,1H3. The molecule has 0 bridgehead atoms. The van der Waals surface area contributed by atoms with Crippen LogP contribution < -0.4 is 15.2 Å². The first-order valence-electron chi connectivity index (χ1n) is 5.03. The van der Waals surface area contributed by atoms with Crippen molar-refractivity contribution in [1.82, 2.24) is 0 Å². The van der Waals surface area contributed by atoms with E-state index in [-0.39, 0.29) is 6.61 Å². The Balaban J connectivity index is 2.62. The van der Waals surface area contributed by atoms with Gasteiger partial charge < -0.3 is 20.3 Å². The molecule has 1 rings (SSSR count). The van der Waals surface area contributed by atoms with Crippen molar-refractivity contribution in [3.63, 3.8) is 0 Å². The Hall–Kier alpha value is -1.42. The summed E-state index contributed by atoms with van der Waals surface area (Å²) in [6, 6.07) is 5.28. The highest BCUT2D eigenvalue weighted by Gasteiger charge is 2.00. The van der Waals surface area contributed by atoms with Gasteiger partial charge in [0.25, 0.3) is 0 Å². The summed E-state index contributed by atoms with van der Waals surface area (Å²) in [5.41, 5.74) is 6.30. The minimum absolute atomic E-state index is 0.126. The van der Waals surface area contributed by atoms with Crippen LogP contribution in [0, 0.1) is 0 Å². The molecule has 1 aromatic carbocycles. The average Bonchev–Trinajstić information content (AvgIpc) is 2.18. The lowest BCUT2D eigenvalue weighted by Gasteiger charge is -2.09. The molecule has 0 aliphatic rings. The maximum Gasteiger partial charge on any atom is 0.125 e. The van der Waals surface area contributed by atoms with Crippen LogP contribution in [0.25, 0.3) is 0 Å². The topological polar surface area (TPSA) is 64.7 Å². The van der Waals surface area contributed by atoms with Crippen LogP contribution in [0.3, 0.4) is 0 Å². The van der Waals surface area contributed by atoms with Crippen molar-refractivity contribution in [3.05, 3.63) is 18.2 Å². The van der Waals surface area contributed by atoms with Crippen molar-refractivity contribution in [1.29, 1.82) is 0 Å². The lowest BCUT2D eigenvalue weighted by atomic mass is 10.3. The molecule has 15 heavy (non-hydrogen) atoms. The predicted octanol–water partition coefficient (Wildman–Crippen LogP) is 1.43. The second-order valence-corrected chi connectivity index (χ2v) is 3.10. The fraction of sp³-hybridized carbons (Fsp3) is 0.455. The van der Waals surface area contributed by atoms with Gasteiger partial charge in [-0.3, -0.25) is 0 Å². The number of benzene rings is 1. The lowest BCUT2D eigenvalue weighted by Crippen LogP contribution is -2.01. The predicted molar refractivity (Wildman–Crippen MR) is 59.2 cm³/mol. The number of aliphatic hydroxyl groups excluding tert-OH is 1. The molecular weight excluding hydrogens is 194 g/mol. The van der Waals surface area contributed by atoms with E-state index in [2.05, 4.69) is 0 Å². The molecule has 1 aromatic rings. The molecule has 0 spiro atoms. The molecule has 0 fully saturated rings. The van der Waals surface area contributed by atoms with Gasteiger partial charge >= 0.3 is 0 Å². The first-order valence-corrected chi connectivity index (χ1v) is 5.03. The summed E-state index contributed by atoms with van der Waals surface area (Å²) in [4.78, 5) is 0. The van der Waals surface area contributed by atoms with Crippen LogP contribution in [0.4, 0.5) is 5.69 Å². The van der Waals surface area contributed by atoms with Crippen molar-refractivity contribution >= 4 is 5.69 Å². The van der Waals surface area contributed by atoms with Gasteiger partial charge in [0.15, 0.2) is 0 Å². The van der Waals surface area contributed by atoms with Gasteiger partial charge in [-0.25, -0.2) is 0 Å². The summed E-state index contributed by atoms with van der Waals surface area (Å²) in [7, 11) is 0. The number of hydrogen-bond donors (Lipinski definition) is 2. The molecule has 4 heteroatoms. The molecule has 0 aliphatic heterocycles. The van der Waals surface area contributed by atoms with Crippen molar-refractivity contribution in [2.75, 3.05) is 25.6 Å². The highest BCUT2D eigenvalue weighted by Crippen LogP contribution is 2.24. The summed E-state index contributed by atoms with van der Waals surface area (Å²) >= 11 is 0. The molecule has 3 N–H and O–H groups in total. The fourth-order valence-electron chi connectivity index (χ4n) is 1.18. The maximum absolute atomic E-state index is 8.61. The summed E-state index contributed by atoms with van der Waals surface area (Å²) in [5, 5.41) is 8.61. The van der Waals surface area contributed by atoms with Gasteiger partial charge in [-0.1, -0.05) is 0 Å². The molecule has 0 heterocycles. The van der Waals surface area contributed by atoms with E-state index in [1.165, 1.54) is 0 Å². The third-order valence-corrected chi connectivity index (χ3v) is 1.78. The largest absolute Gasteiger partial charge is 0.494 e. The quantitative estimate of drug-likeness (QED) is 0.552. The van der Waals surface area contributed by atoms with Crippen LogP contribution in [-0.4, -0.2) is 24.9 Å². The Morgan fingerprint density at radius 1 is 1.20 bits per heavy atom.